The summed E-state index contributed by atoms with van der Waals surface area (Å²) in [6.07, 6.45) is 4.28. The van der Waals surface area contributed by atoms with Gasteiger partial charge < -0.3 is 19.4 Å². The van der Waals surface area contributed by atoms with Crippen LogP contribution in [-0.2, 0) is 9.47 Å². The Kier molecular flexibility index (Phi) is 8.47. The number of benzene rings is 2. The number of H-pyrrole nitrogens is 2. The zero-order valence-electron chi connectivity index (χ0n) is 27.7. The van der Waals surface area contributed by atoms with E-state index in [0.29, 0.717) is 36.4 Å². The first-order valence-corrected chi connectivity index (χ1v) is 16.1. The number of hydrogen-bond donors (Lipinski definition) is 2. The third-order valence-electron chi connectivity index (χ3n) is 8.09. The molecule has 2 aliphatic heterocycles. The van der Waals surface area contributed by atoms with Gasteiger partial charge in [0.1, 0.15) is 28.4 Å². The fraction of sp³-hybridized carbons (Fsp3) is 0.444. The van der Waals surface area contributed by atoms with Gasteiger partial charge in [0.05, 0.1) is 29.5 Å². The number of hydrogen-bond acceptors (Lipinski definition) is 6. The zero-order valence-corrected chi connectivity index (χ0v) is 27.7. The van der Waals surface area contributed by atoms with Crippen molar-refractivity contribution >= 4 is 23.2 Å². The van der Waals surface area contributed by atoms with E-state index in [4.69, 9.17) is 9.47 Å². The molecule has 11 heteroatoms. The molecular formula is C36H41FN6O4. The fourth-order valence-electron chi connectivity index (χ4n) is 6.03. The summed E-state index contributed by atoms with van der Waals surface area (Å²) in [6, 6.07) is 10.4. The lowest BCUT2D eigenvalue weighted by Crippen LogP contribution is -2.36. The van der Waals surface area contributed by atoms with Crippen molar-refractivity contribution in [1.82, 2.24) is 29.7 Å². The highest BCUT2D eigenvalue weighted by atomic mass is 19.1. The van der Waals surface area contributed by atoms with Crippen molar-refractivity contribution in [2.24, 2.45) is 0 Å². The number of likely N-dealkylation sites (tertiary alicyclic amines) is 2. The normalized spacial score (nSPS) is 18.4. The molecule has 2 fully saturated rings. The van der Waals surface area contributed by atoms with E-state index in [1.807, 2.05) is 65.8 Å². The van der Waals surface area contributed by atoms with Gasteiger partial charge in [-0.25, -0.2) is 23.9 Å². The third-order valence-corrected chi connectivity index (χ3v) is 8.09. The van der Waals surface area contributed by atoms with E-state index >= 15 is 4.39 Å². The van der Waals surface area contributed by atoms with Crippen LogP contribution in [-0.4, -0.2) is 66.2 Å². The maximum Gasteiger partial charge on any atom is 0.410 e. The Morgan fingerprint density at radius 1 is 0.830 bits per heavy atom. The van der Waals surface area contributed by atoms with E-state index in [9.17, 15) is 9.59 Å². The van der Waals surface area contributed by atoms with Crippen molar-refractivity contribution in [2.45, 2.75) is 90.5 Å². The molecule has 2 aromatic carbocycles. The van der Waals surface area contributed by atoms with Crippen LogP contribution in [0.5, 0.6) is 0 Å². The number of halogens is 1. The number of fused-ring (bicyclic) bond motifs is 1. The van der Waals surface area contributed by atoms with Crippen LogP contribution in [0.1, 0.15) is 102 Å². The van der Waals surface area contributed by atoms with Gasteiger partial charge in [0.25, 0.3) is 0 Å². The number of nitrogens with zero attached hydrogens (tertiary/aromatic N) is 4. The Bertz CT molecular complexity index is 1850. The number of nitrogens with one attached hydrogen (secondary N) is 2. The number of ether oxygens (including phenoxy) is 2. The van der Waals surface area contributed by atoms with Gasteiger partial charge in [-0.1, -0.05) is 24.0 Å². The summed E-state index contributed by atoms with van der Waals surface area (Å²) in [5.41, 5.74) is 2.62. The second-order valence-corrected chi connectivity index (χ2v) is 14.1. The van der Waals surface area contributed by atoms with Crippen LogP contribution in [0.3, 0.4) is 0 Å². The minimum atomic E-state index is -0.608. The lowest BCUT2D eigenvalue weighted by atomic mass is 10.1. The first-order chi connectivity index (χ1) is 22.2. The van der Waals surface area contributed by atoms with Crippen LogP contribution in [0, 0.1) is 17.7 Å². The summed E-state index contributed by atoms with van der Waals surface area (Å²) < 4.78 is 26.3. The van der Waals surface area contributed by atoms with Crippen molar-refractivity contribution in [3.8, 4) is 23.1 Å². The Hall–Kier alpha value is -4.85. The molecule has 0 aliphatic carbocycles. The highest BCUT2D eigenvalue weighted by Crippen LogP contribution is 2.34. The molecule has 0 radical (unpaired) electrons. The number of amides is 2. The Labute approximate surface area is 274 Å². The molecule has 246 valence electrons. The molecule has 10 nitrogen and oxygen atoms in total. The Morgan fingerprint density at radius 2 is 1.40 bits per heavy atom. The summed E-state index contributed by atoms with van der Waals surface area (Å²) in [7, 11) is 0. The highest BCUT2D eigenvalue weighted by molar-refractivity contribution is 5.78. The molecule has 0 saturated carbocycles. The van der Waals surface area contributed by atoms with Gasteiger partial charge in [-0.05, 0) is 97.1 Å². The van der Waals surface area contributed by atoms with Crippen molar-refractivity contribution in [1.29, 1.82) is 0 Å². The monoisotopic (exact) mass is 640 g/mol. The van der Waals surface area contributed by atoms with Crippen LogP contribution >= 0.6 is 0 Å². The van der Waals surface area contributed by atoms with Crippen molar-refractivity contribution in [3.63, 3.8) is 0 Å². The average molecular weight is 641 g/mol. The smallest absolute Gasteiger partial charge is 0.410 e. The van der Waals surface area contributed by atoms with Gasteiger partial charge in [-0.15, -0.1) is 0 Å². The van der Waals surface area contributed by atoms with E-state index < -0.39 is 23.1 Å². The molecule has 2 N–H and O–H groups in total. The summed E-state index contributed by atoms with van der Waals surface area (Å²) in [5, 5.41) is 0. The Balaban J connectivity index is 1.15. The molecule has 4 aromatic rings. The van der Waals surface area contributed by atoms with Gasteiger partial charge in [0.15, 0.2) is 5.82 Å². The molecule has 0 bridgehead atoms. The molecule has 47 heavy (non-hydrogen) atoms. The summed E-state index contributed by atoms with van der Waals surface area (Å²) >= 11 is 0. The average Bonchev–Trinajstić information content (AvgIpc) is 3.80. The van der Waals surface area contributed by atoms with Crippen LogP contribution < -0.4 is 0 Å². The van der Waals surface area contributed by atoms with Gasteiger partial charge in [0, 0.05) is 24.2 Å². The fourth-order valence-corrected chi connectivity index (χ4v) is 6.03. The van der Waals surface area contributed by atoms with Crippen LogP contribution in [0.2, 0.25) is 0 Å². The molecule has 0 spiro atoms. The van der Waals surface area contributed by atoms with Gasteiger partial charge in [0.2, 0.25) is 0 Å². The lowest BCUT2D eigenvalue weighted by Gasteiger charge is -2.27. The molecule has 2 amide bonds. The predicted octanol–water partition coefficient (Wildman–Crippen LogP) is 7.64. The minimum Gasteiger partial charge on any atom is -0.444 e. The summed E-state index contributed by atoms with van der Waals surface area (Å²) in [6.45, 7) is 12.3. The second-order valence-electron chi connectivity index (χ2n) is 14.1. The van der Waals surface area contributed by atoms with E-state index in [1.54, 1.807) is 22.1 Å². The molecule has 2 atom stereocenters. The van der Waals surface area contributed by atoms with Crippen molar-refractivity contribution < 1.29 is 23.5 Å². The quantitative estimate of drug-likeness (QED) is 0.222. The number of carbonyl (C=O) groups excluding carboxylic acids is 2. The largest absolute Gasteiger partial charge is 0.444 e. The second kappa shape index (κ2) is 12.4. The highest BCUT2D eigenvalue weighted by Gasteiger charge is 2.36. The molecule has 2 aliphatic rings. The number of carbonyl (C=O) groups is 2. The van der Waals surface area contributed by atoms with Crippen molar-refractivity contribution in [2.75, 3.05) is 13.1 Å². The van der Waals surface area contributed by atoms with Crippen LogP contribution in [0.4, 0.5) is 14.0 Å². The number of aromatic amines is 2. The molecule has 2 unspecified atom stereocenters. The minimum absolute atomic E-state index is 0.158. The van der Waals surface area contributed by atoms with E-state index in [-0.39, 0.29) is 23.7 Å². The number of rotatable bonds is 3. The van der Waals surface area contributed by atoms with E-state index in [1.165, 1.54) is 6.07 Å². The van der Waals surface area contributed by atoms with Gasteiger partial charge in [-0.2, -0.15) is 0 Å². The number of imidazole rings is 2. The maximum absolute atomic E-state index is 15.2. The van der Waals surface area contributed by atoms with Crippen molar-refractivity contribution in [3.05, 3.63) is 71.2 Å². The Morgan fingerprint density at radius 3 is 2.00 bits per heavy atom. The lowest BCUT2D eigenvalue weighted by molar-refractivity contribution is 0.0208. The summed E-state index contributed by atoms with van der Waals surface area (Å²) in [4.78, 5) is 44.6. The molecule has 2 aromatic heterocycles. The van der Waals surface area contributed by atoms with Gasteiger partial charge in [-0.3, -0.25) is 9.80 Å². The standard InChI is InChI=1S/C36H41FN6O4/c1-35(2,3)46-33(44)42-17-7-9-28(42)31-38-21-27(40-31)24-15-13-22(14-16-24)11-12-23-19-25(37)30-26(20-23)39-32(41-30)29-10-8-18-43(29)34(45)47-36(4,5)6/h13-16,19-21,28-29H,7-10,17-18H2,1-6H3,(H,38,40)(H,39,41). The molecule has 4 heterocycles. The van der Waals surface area contributed by atoms with E-state index in [2.05, 4.69) is 31.8 Å². The van der Waals surface area contributed by atoms with Crippen LogP contribution in [0.15, 0.2) is 42.6 Å². The molecule has 6 rings (SSSR count). The predicted molar refractivity (Wildman–Crippen MR) is 176 cm³/mol. The zero-order chi connectivity index (χ0) is 33.5. The first-order valence-electron chi connectivity index (χ1n) is 16.1. The van der Waals surface area contributed by atoms with Gasteiger partial charge >= 0.3 is 12.2 Å². The van der Waals surface area contributed by atoms with Crippen LogP contribution in [0.25, 0.3) is 22.3 Å². The number of aromatic nitrogens is 4. The topological polar surface area (TPSA) is 116 Å². The maximum atomic E-state index is 15.2. The molecule has 2 saturated heterocycles. The molecular weight excluding hydrogens is 599 g/mol. The summed E-state index contributed by atoms with van der Waals surface area (Å²) in [5.74, 6) is 6.98. The van der Waals surface area contributed by atoms with E-state index in [0.717, 1.165) is 41.9 Å². The third kappa shape index (κ3) is 7.27. The SMILES string of the molecule is CC(C)(C)OC(=O)N1CCCC1c1ncc(-c2ccc(C#Cc3cc(F)c4nc(C5CCCN5C(=O)OC(C)(C)C)[nH]c4c3)cc2)[nH]1. The first kappa shape index (κ1) is 32.1.